The van der Waals surface area contributed by atoms with Crippen LogP contribution < -0.4 is 5.32 Å². The van der Waals surface area contributed by atoms with Gasteiger partial charge in [0.15, 0.2) is 0 Å². The van der Waals surface area contributed by atoms with Gasteiger partial charge in [0.2, 0.25) is 0 Å². The van der Waals surface area contributed by atoms with Crippen LogP contribution in [0.5, 0.6) is 0 Å². The topological polar surface area (TPSA) is 45.2 Å². The first-order chi connectivity index (χ1) is 12.5. The van der Waals surface area contributed by atoms with Gasteiger partial charge in [-0.15, -0.1) is 0 Å². The summed E-state index contributed by atoms with van der Waals surface area (Å²) in [7, 11) is 0. The average Bonchev–Trinajstić information content (AvgIpc) is 3.34. The van der Waals surface area contributed by atoms with Gasteiger partial charge < -0.3 is 10.2 Å². The second kappa shape index (κ2) is 5.53. The van der Waals surface area contributed by atoms with Crippen molar-refractivity contribution in [3.63, 3.8) is 0 Å². The molecule has 2 aliphatic carbocycles. The molecule has 2 aliphatic heterocycles. The highest BCUT2D eigenvalue weighted by Crippen LogP contribution is 2.61. The Hall–Kier alpha value is -2.43. The first kappa shape index (κ1) is 15.8. The van der Waals surface area contributed by atoms with E-state index in [9.17, 15) is 9.18 Å². The average molecular weight is 351 g/mol. The van der Waals surface area contributed by atoms with Gasteiger partial charge in [-0.05, 0) is 73.8 Å². The minimum absolute atomic E-state index is 0.00563. The molecule has 1 N–H and O–H groups in total. The number of rotatable bonds is 2. The lowest BCUT2D eigenvalue weighted by Gasteiger charge is -2.55. The fraction of sp³-hybridized carbons (Fsp3) is 0.429. The summed E-state index contributed by atoms with van der Waals surface area (Å²) in [5.74, 6) is -0.362. The number of amides is 2. The Kier molecular flexibility index (Phi) is 3.36. The van der Waals surface area contributed by atoms with Gasteiger partial charge in [-0.1, -0.05) is 6.07 Å². The molecule has 3 heterocycles. The monoisotopic (exact) mass is 351 g/mol. The highest BCUT2D eigenvalue weighted by atomic mass is 19.1. The van der Waals surface area contributed by atoms with Crippen molar-refractivity contribution >= 4 is 11.7 Å². The van der Waals surface area contributed by atoms with Crippen LogP contribution >= 0.6 is 0 Å². The zero-order valence-corrected chi connectivity index (χ0v) is 14.8. The van der Waals surface area contributed by atoms with E-state index >= 15 is 0 Å². The molecule has 26 heavy (non-hydrogen) atoms. The van der Waals surface area contributed by atoms with Gasteiger partial charge in [-0.25, -0.2) is 9.18 Å². The standard InChI is InChI=1S/C21H22FN3O/c1-13-2-3-16(7-19(13)14-6-15(22)12-23-11-14)24-20(26)25-17-8-18(25)10-21(9-17)4-5-21/h2-3,6-7,11-12,17-18H,4-5,8-10H2,1H3,(H,24,26). The number of nitrogens with zero attached hydrogens (tertiary/aromatic N) is 2. The maximum Gasteiger partial charge on any atom is 0.322 e. The Labute approximate surface area is 152 Å². The SMILES string of the molecule is Cc1ccc(NC(=O)N2C3CC2CC2(CC2)C3)cc1-c1cncc(F)c1. The number of benzene rings is 1. The van der Waals surface area contributed by atoms with Crippen molar-refractivity contribution in [2.45, 2.75) is 51.1 Å². The number of aryl methyl sites for hydroxylation is 1. The first-order valence-electron chi connectivity index (χ1n) is 9.34. The van der Waals surface area contributed by atoms with E-state index in [1.807, 2.05) is 30.0 Å². The summed E-state index contributed by atoms with van der Waals surface area (Å²) in [6, 6.07) is 8.04. The molecule has 2 saturated carbocycles. The van der Waals surface area contributed by atoms with Gasteiger partial charge in [0.25, 0.3) is 0 Å². The number of halogens is 1. The third-order valence-corrected chi connectivity index (χ3v) is 6.36. The maximum absolute atomic E-state index is 13.5. The third kappa shape index (κ3) is 2.57. The first-order valence-corrected chi connectivity index (χ1v) is 9.34. The number of pyridine rings is 1. The number of hydrogen-bond donors (Lipinski definition) is 1. The summed E-state index contributed by atoms with van der Waals surface area (Å²) in [6.07, 6.45) is 9.03. The van der Waals surface area contributed by atoms with Crippen LogP contribution in [0.3, 0.4) is 0 Å². The van der Waals surface area contributed by atoms with Crippen molar-refractivity contribution in [1.29, 1.82) is 0 Å². The van der Waals surface area contributed by atoms with Crippen LogP contribution in [0.1, 0.15) is 37.7 Å². The molecule has 6 rings (SSSR count). The van der Waals surface area contributed by atoms with Crippen molar-refractivity contribution in [3.8, 4) is 11.1 Å². The predicted octanol–water partition coefficient (Wildman–Crippen LogP) is 4.74. The van der Waals surface area contributed by atoms with E-state index in [1.54, 1.807) is 6.20 Å². The van der Waals surface area contributed by atoms with Crippen LogP contribution in [0, 0.1) is 18.2 Å². The molecule has 5 heteroatoms. The van der Waals surface area contributed by atoms with Gasteiger partial charge in [-0.2, -0.15) is 0 Å². The van der Waals surface area contributed by atoms with Gasteiger partial charge >= 0.3 is 6.03 Å². The van der Waals surface area contributed by atoms with Crippen LogP contribution in [0.4, 0.5) is 14.9 Å². The molecule has 2 saturated heterocycles. The second-order valence-corrected chi connectivity index (χ2v) is 8.21. The van der Waals surface area contributed by atoms with Gasteiger partial charge in [0.05, 0.1) is 6.20 Å². The van der Waals surface area contributed by atoms with Gasteiger partial charge in [0.1, 0.15) is 5.82 Å². The van der Waals surface area contributed by atoms with Crippen molar-refractivity contribution in [1.82, 2.24) is 9.88 Å². The number of carbonyl (C=O) groups excluding carboxylic acids is 1. The molecule has 1 spiro atoms. The highest BCUT2D eigenvalue weighted by molar-refractivity contribution is 5.91. The van der Waals surface area contributed by atoms with Crippen LogP contribution in [0.25, 0.3) is 11.1 Å². The van der Waals surface area contributed by atoms with Crippen molar-refractivity contribution in [2.75, 3.05) is 5.32 Å². The van der Waals surface area contributed by atoms with E-state index in [0.29, 0.717) is 17.5 Å². The molecule has 1 aromatic carbocycles. The summed E-state index contributed by atoms with van der Waals surface area (Å²) < 4.78 is 13.5. The van der Waals surface area contributed by atoms with Crippen molar-refractivity contribution < 1.29 is 9.18 Å². The number of anilines is 1. The second-order valence-electron chi connectivity index (χ2n) is 8.21. The maximum atomic E-state index is 13.5. The van der Waals surface area contributed by atoms with Crippen LogP contribution in [-0.2, 0) is 0 Å². The number of aromatic nitrogens is 1. The summed E-state index contributed by atoms with van der Waals surface area (Å²) in [4.78, 5) is 18.7. The number of hydrogen-bond acceptors (Lipinski definition) is 2. The fourth-order valence-corrected chi connectivity index (χ4v) is 4.82. The number of nitrogens with one attached hydrogen (secondary N) is 1. The molecule has 4 aliphatic rings. The van der Waals surface area contributed by atoms with Crippen LogP contribution in [0.2, 0.25) is 0 Å². The quantitative estimate of drug-likeness (QED) is 0.849. The third-order valence-electron chi connectivity index (χ3n) is 6.36. The van der Waals surface area contributed by atoms with Crippen molar-refractivity contribution in [3.05, 3.63) is 48.0 Å². The van der Waals surface area contributed by atoms with E-state index in [1.165, 1.54) is 37.9 Å². The lowest BCUT2D eigenvalue weighted by Crippen LogP contribution is -2.64. The summed E-state index contributed by atoms with van der Waals surface area (Å²) >= 11 is 0. The Morgan fingerprint density at radius 2 is 2.00 bits per heavy atom. The minimum Gasteiger partial charge on any atom is -0.318 e. The molecule has 4 fully saturated rings. The summed E-state index contributed by atoms with van der Waals surface area (Å²) in [5.41, 5.74) is 3.94. The predicted molar refractivity (Wildman–Crippen MR) is 98.3 cm³/mol. The van der Waals surface area contributed by atoms with Crippen LogP contribution in [-0.4, -0.2) is 28.0 Å². The zero-order chi connectivity index (χ0) is 17.9. The number of urea groups is 1. The molecule has 2 bridgehead atoms. The van der Waals surface area contributed by atoms with E-state index in [4.69, 9.17) is 0 Å². The number of piperidine rings is 1. The summed E-state index contributed by atoms with van der Waals surface area (Å²) in [5, 5.41) is 3.05. The fourth-order valence-electron chi connectivity index (χ4n) is 4.82. The number of carbonyl (C=O) groups is 1. The van der Waals surface area contributed by atoms with E-state index in [0.717, 1.165) is 28.8 Å². The molecular weight excluding hydrogens is 329 g/mol. The summed E-state index contributed by atoms with van der Waals surface area (Å²) in [6.45, 7) is 1.97. The lowest BCUT2D eigenvalue weighted by atomic mass is 9.72. The lowest BCUT2D eigenvalue weighted by molar-refractivity contribution is -0.0186. The smallest absolute Gasteiger partial charge is 0.318 e. The van der Waals surface area contributed by atoms with Gasteiger partial charge in [-0.3, -0.25) is 4.98 Å². The molecule has 2 unspecified atom stereocenters. The van der Waals surface area contributed by atoms with Gasteiger partial charge in [0, 0.05) is 29.5 Å². The van der Waals surface area contributed by atoms with E-state index < -0.39 is 0 Å². The zero-order valence-electron chi connectivity index (χ0n) is 14.8. The Morgan fingerprint density at radius 3 is 2.69 bits per heavy atom. The van der Waals surface area contributed by atoms with E-state index in [-0.39, 0.29) is 11.8 Å². The van der Waals surface area contributed by atoms with Crippen LogP contribution in [0.15, 0.2) is 36.7 Å². The highest BCUT2D eigenvalue weighted by Gasteiger charge is 2.58. The molecule has 2 aromatic rings. The Bertz CT molecular complexity index is 879. The largest absolute Gasteiger partial charge is 0.322 e. The minimum atomic E-state index is -0.362. The molecular formula is C21H22FN3O. The molecule has 2 amide bonds. The molecule has 1 aromatic heterocycles. The molecule has 0 radical (unpaired) electrons. The van der Waals surface area contributed by atoms with Crippen molar-refractivity contribution in [2.24, 2.45) is 5.41 Å². The molecule has 2 atom stereocenters. The normalized spacial score (nSPS) is 24.9. The Balaban J connectivity index is 1.35. The Morgan fingerprint density at radius 1 is 1.23 bits per heavy atom. The van der Waals surface area contributed by atoms with E-state index in [2.05, 4.69) is 10.3 Å². The molecule has 134 valence electrons. The molecule has 4 nitrogen and oxygen atoms in total.